The first-order valence-corrected chi connectivity index (χ1v) is 5.44. The summed E-state index contributed by atoms with van der Waals surface area (Å²) in [6.45, 7) is 0. The van der Waals surface area contributed by atoms with E-state index in [0.29, 0.717) is 5.56 Å². The van der Waals surface area contributed by atoms with Crippen molar-refractivity contribution in [1.82, 2.24) is 0 Å². The first kappa shape index (κ1) is 14.3. The highest BCUT2D eigenvalue weighted by molar-refractivity contribution is 6.30. The standard InChI is InChI=1S/C11H12ClF4N/c12-8-6-7(3-4-9(8)13)10(17)2-1-5-11(14,15)16/h3-4,6,10H,1-2,5,17H2. The van der Waals surface area contributed by atoms with Crippen molar-refractivity contribution >= 4 is 11.6 Å². The van der Waals surface area contributed by atoms with Gasteiger partial charge in [-0.15, -0.1) is 0 Å². The molecule has 96 valence electrons. The van der Waals surface area contributed by atoms with E-state index >= 15 is 0 Å². The number of hydrogen-bond donors (Lipinski definition) is 1. The Labute approximate surface area is 102 Å². The molecule has 6 heteroatoms. The summed E-state index contributed by atoms with van der Waals surface area (Å²) in [6.07, 6.45) is -4.91. The van der Waals surface area contributed by atoms with Gasteiger partial charge in [-0.3, -0.25) is 0 Å². The van der Waals surface area contributed by atoms with Gasteiger partial charge in [0.1, 0.15) is 5.82 Å². The van der Waals surface area contributed by atoms with Crippen LogP contribution in [-0.2, 0) is 0 Å². The lowest BCUT2D eigenvalue weighted by Gasteiger charge is -2.13. The third-order valence-electron chi connectivity index (χ3n) is 2.35. The van der Waals surface area contributed by atoms with Gasteiger partial charge in [0.2, 0.25) is 0 Å². The molecule has 0 saturated carbocycles. The van der Waals surface area contributed by atoms with Crippen LogP contribution in [-0.4, -0.2) is 6.18 Å². The first-order valence-electron chi connectivity index (χ1n) is 5.07. The van der Waals surface area contributed by atoms with Crippen molar-refractivity contribution in [2.45, 2.75) is 31.5 Å². The summed E-state index contributed by atoms with van der Waals surface area (Å²) >= 11 is 5.55. The normalized spacial score (nSPS) is 13.8. The Morgan fingerprint density at radius 3 is 2.47 bits per heavy atom. The number of benzene rings is 1. The van der Waals surface area contributed by atoms with Crippen molar-refractivity contribution in [1.29, 1.82) is 0 Å². The molecule has 0 bridgehead atoms. The highest BCUT2D eigenvalue weighted by Gasteiger charge is 2.26. The van der Waals surface area contributed by atoms with E-state index in [9.17, 15) is 17.6 Å². The second kappa shape index (κ2) is 5.69. The molecule has 1 rings (SSSR count). The fourth-order valence-electron chi connectivity index (χ4n) is 1.43. The smallest absolute Gasteiger partial charge is 0.324 e. The van der Waals surface area contributed by atoms with Gasteiger partial charge < -0.3 is 5.73 Å². The topological polar surface area (TPSA) is 26.0 Å². The number of halogens is 5. The number of nitrogens with two attached hydrogens (primary N) is 1. The Morgan fingerprint density at radius 1 is 1.29 bits per heavy atom. The minimum absolute atomic E-state index is 0.0559. The zero-order chi connectivity index (χ0) is 13.1. The van der Waals surface area contributed by atoms with E-state index in [-0.39, 0.29) is 17.9 Å². The van der Waals surface area contributed by atoms with Crippen LogP contribution in [0.5, 0.6) is 0 Å². The summed E-state index contributed by atoms with van der Waals surface area (Å²) in [5, 5.41) is -0.0752. The molecule has 17 heavy (non-hydrogen) atoms. The lowest BCUT2D eigenvalue weighted by Crippen LogP contribution is -2.13. The van der Waals surface area contributed by atoms with E-state index in [1.807, 2.05) is 0 Å². The molecule has 1 atom stereocenters. The van der Waals surface area contributed by atoms with Crippen LogP contribution < -0.4 is 5.73 Å². The maximum absolute atomic E-state index is 12.8. The summed E-state index contributed by atoms with van der Waals surface area (Å²) in [4.78, 5) is 0. The van der Waals surface area contributed by atoms with E-state index in [1.165, 1.54) is 12.1 Å². The van der Waals surface area contributed by atoms with Gasteiger partial charge in [0, 0.05) is 12.5 Å². The summed E-state index contributed by atoms with van der Waals surface area (Å²) in [5.41, 5.74) is 6.24. The Morgan fingerprint density at radius 2 is 1.94 bits per heavy atom. The first-order chi connectivity index (χ1) is 7.79. The third-order valence-corrected chi connectivity index (χ3v) is 2.64. The van der Waals surface area contributed by atoms with E-state index in [1.54, 1.807) is 0 Å². The van der Waals surface area contributed by atoms with Gasteiger partial charge in [-0.2, -0.15) is 13.2 Å². The number of rotatable bonds is 4. The van der Waals surface area contributed by atoms with Crippen molar-refractivity contribution in [3.05, 3.63) is 34.6 Å². The summed E-state index contributed by atoms with van der Waals surface area (Å²) in [7, 11) is 0. The Balaban J connectivity index is 2.52. The molecule has 0 aliphatic rings. The van der Waals surface area contributed by atoms with Crippen LogP contribution in [0.25, 0.3) is 0 Å². The zero-order valence-electron chi connectivity index (χ0n) is 8.90. The Bertz CT molecular complexity index is 378. The molecular weight excluding hydrogens is 258 g/mol. The SMILES string of the molecule is NC(CCCC(F)(F)F)c1ccc(F)c(Cl)c1. The summed E-state index contributed by atoms with van der Waals surface area (Å²) in [6, 6.07) is 3.37. The van der Waals surface area contributed by atoms with Crippen LogP contribution in [0.15, 0.2) is 18.2 Å². The van der Waals surface area contributed by atoms with Gasteiger partial charge >= 0.3 is 6.18 Å². The maximum Gasteiger partial charge on any atom is 0.389 e. The second-order valence-electron chi connectivity index (χ2n) is 3.79. The van der Waals surface area contributed by atoms with Crippen molar-refractivity contribution in [3.8, 4) is 0 Å². The predicted octanol–water partition coefficient (Wildman–Crippen LogP) is 4.21. The monoisotopic (exact) mass is 269 g/mol. The van der Waals surface area contributed by atoms with Gasteiger partial charge in [0.05, 0.1) is 5.02 Å². The van der Waals surface area contributed by atoms with E-state index < -0.39 is 24.5 Å². The summed E-state index contributed by atoms with van der Waals surface area (Å²) in [5.74, 6) is -0.571. The molecule has 0 amide bonds. The molecule has 1 nitrogen and oxygen atoms in total. The molecule has 1 aromatic carbocycles. The van der Waals surface area contributed by atoms with Crippen molar-refractivity contribution < 1.29 is 17.6 Å². The third kappa shape index (κ3) is 4.91. The van der Waals surface area contributed by atoms with Crippen LogP contribution in [0.2, 0.25) is 5.02 Å². The highest BCUT2D eigenvalue weighted by atomic mass is 35.5. The molecule has 2 N–H and O–H groups in total. The van der Waals surface area contributed by atoms with Crippen LogP contribution in [0.4, 0.5) is 17.6 Å². The molecule has 0 spiro atoms. The largest absolute Gasteiger partial charge is 0.389 e. The summed E-state index contributed by atoms with van der Waals surface area (Å²) < 4.78 is 48.6. The lowest BCUT2D eigenvalue weighted by atomic mass is 10.0. The van der Waals surface area contributed by atoms with Crippen LogP contribution in [0.1, 0.15) is 30.9 Å². The molecule has 0 aliphatic heterocycles. The van der Waals surface area contributed by atoms with E-state index in [2.05, 4.69) is 0 Å². The molecule has 0 saturated heterocycles. The maximum atomic E-state index is 12.8. The predicted molar refractivity (Wildman–Crippen MR) is 58.2 cm³/mol. The minimum Gasteiger partial charge on any atom is -0.324 e. The van der Waals surface area contributed by atoms with Crippen LogP contribution >= 0.6 is 11.6 Å². The van der Waals surface area contributed by atoms with Gasteiger partial charge in [-0.1, -0.05) is 17.7 Å². The van der Waals surface area contributed by atoms with E-state index in [0.717, 1.165) is 6.07 Å². The zero-order valence-corrected chi connectivity index (χ0v) is 9.65. The van der Waals surface area contributed by atoms with Crippen molar-refractivity contribution in [2.24, 2.45) is 5.73 Å². The van der Waals surface area contributed by atoms with Gasteiger partial charge in [0.15, 0.2) is 0 Å². The average Bonchev–Trinajstić information content (AvgIpc) is 2.20. The molecule has 0 aliphatic carbocycles. The molecule has 0 aromatic heterocycles. The van der Waals surface area contributed by atoms with Crippen molar-refractivity contribution in [3.63, 3.8) is 0 Å². The van der Waals surface area contributed by atoms with Crippen molar-refractivity contribution in [2.75, 3.05) is 0 Å². The van der Waals surface area contributed by atoms with Crippen LogP contribution in [0, 0.1) is 5.82 Å². The van der Waals surface area contributed by atoms with Gasteiger partial charge in [0.25, 0.3) is 0 Å². The molecule has 1 unspecified atom stereocenters. The highest BCUT2D eigenvalue weighted by Crippen LogP contribution is 2.26. The Hall–Kier alpha value is -0.810. The van der Waals surface area contributed by atoms with E-state index in [4.69, 9.17) is 17.3 Å². The average molecular weight is 270 g/mol. The molecule has 1 aromatic rings. The van der Waals surface area contributed by atoms with Crippen LogP contribution in [0.3, 0.4) is 0 Å². The lowest BCUT2D eigenvalue weighted by molar-refractivity contribution is -0.135. The second-order valence-corrected chi connectivity index (χ2v) is 4.19. The molecular formula is C11H12ClF4N. The van der Waals surface area contributed by atoms with Gasteiger partial charge in [-0.25, -0.2) is 4.39 Å². The molecule has 0 fully saturated rings. The van der Waals surface area contributed by atoms with Gasteiger partial charge in [-0.05, 0) is 30.5 Å². The molecule has 0 heterocycles. The molecule has 0 radical (unpaired) electrons. The fraction of sp³-hybridized carbons (Fsp3) is 0.455. The quantitative estimate of drug-likeness (QED) is 0.814. The fourth-order valence-corrected chi connectivity index (χ4v) is 1.62. The Kier molecular flexibility index (Phi) is 4.77. The minimum atomic E-state index is -4.17. The number of alkyl halides is 3. The number of hydrogen-bond acceptors (Lipinski definition) is 1.